The summed E-state index contributed by atoms with van der Waals surface area (Å²) in [7, 11) is 0. The van der Waals surface area contributed by atoms with Crippen LogP contribution in [0.25, 0.3) is 0 Å². The topological polar surface area (TPSA) is 80.9 Å². The molecule has 0 unspecified atom stereocenters. The van der Waals surface area contributed by atoms with Crippen molar-refractivity contribution in [2.45, 2.75) is 58.7 Å². The highest BCUT2D eigenvalue weighted by Gasteiger charge is 1.97. The zero-order valence-corrected chi connectivity index (χ0v) is 10.6. The summed E-state index contributed by atoms with van der Waals surface area (Å²) in [6.45, 7) is 4.58. The molecule has 0 amide bonds. The molecule has 0 aromatic heterocycles. The fraction of sp³-hybridized carbons (Fsp3) is 1.00. The van der Waals surface area contributed by atoms with Gasteiger partial charge in [-0.25, -0.2) is 0 Å². The number of rotatable bonds is 8. The SMILES string of the molecule is CC(CCO)CCO.CCCCCC(O)O. The molecule has 4 heteroatoms. The van der Waals surface area contributed by atoms with Crippen molar-refractivity contribution in [3.05, 3.63) is 0 Å². The molecule has 0 saturated heterocycles. The average Bonchev–Trinajstić information content (AvgIpc) is 2.19. The van der Waals surface area contributed by atoms with Crippen LogP contribution in [0.5, 0.6) is 0 Å². The largest absolute Gasteiger partial charge is 0.396 e. The molecule has 0 saturated carbocycles. The van der Waals surface area contributed by atoms with Gasteiger partial charge in [-0.1, -0.05) is 26.7 Å². The Morgan fingerprint density at radius 3 is 1.69 bits per heavy atom. The predicted molar refractivity (Wildman–Crippen MR) is 64.9 cm³/mol. The minimum atomic E-state index is -1.10. The van der Waals surface area contributed by atoms with Gasteiger partial charge in [-0.2, -0.15) is 0 Å². The fourth-order valence-corrected chi connectivity index (χ4v) is 1.16. The molecule has 0 aliphatic heterocycles. The van der Waals surface area contributed by atoms with Crippen LogP contribution in [0.1, 0.15) is 52.4 Å². The second-order valence-electron chi connectivity index (χ2n) is 4.11. The summed E-state index contributed by atoms with van der Waals surface area (Å²) < 4.78 is 0. The smallest absolute Gasteiger partial charge is 0.151 e. The average molecular weight is 236 g/mol. The monoisotopic (exact) mass is 236 g/mol. The molecule has 0 aromatic rings. The molecule has 0 bridgehead atoms. The van der Waals surface area contributed by atoms with E-state index in [9.17, 15) is 0 Å². The van der Waals surface area contributed by atoms with Crippen molar-refractivity contribution in [3.8, 4) is 0 Å². The molecular formula is C12H28O4. The molecule has 4 nitrogen and oxygen atoms in total. The van der Waals surface area contributed by atoms with Gasteiger partial charge in [0, 0.05) is 13.2 Å². The van der Waals surface area contributed by atoms with Crippen LogP contribution in [0.3, 0.4) is 0 Å². The first-order chi connectivity index (χ1) is 7.58. The number of hydrogen-bond acceptors (Lipinski definition) is 4. The van der Waals surface area contributed by atoms with Gasteiger partial charge in [-0.3, -0.25) is 0 Å². The molecule has 0 heterocycles. The summed E-state index contributed by atoms with van der Waals surface area (Å²) >= 11 is 0. The second kappa shape index (κ2) is 14.8. The predicted octanol–water partition coefficient (Wildman–Crippen LogP) is 1.26. The van der Waals surface area contributed by atoms with E-state index < -0.39 is 6.29 Å². The fourth-order valence-electron chi connectivity index (χ4n) is 1.16. The van der Waals surface area contributed by atoms with E-state index in [1.165, 1.54) is 0 Å². The molecule has 0 spiro atoms. The Hall–Kier alpha value is -0.160. The van der Waals surface area contributed by atoms with Crippen LogP contribution in [0.4, 0.5) is 0 Å². The zero-order chi connectivity index (χ0) is 12.8. The first-order valence-electron chi connectivity index (χ1n) is 6.16. The van der Waals surface area contributed by atoms with Crippen LogP contribution in [0, 0.1) is 5.92 Å². The Kier molecular flexibility index (Phi) is 16.9. The van der Waals surface area contributed by atoms with Crippen LogP contribution in [0.15, 0.2) is 0 Å². The normalized spacial score (nSPS) is 10.5. The van der Waals surface area contributed by atoms with Gasteiger partial charge >= 0.3 is 0 Å². The molecule has 100 valence electrons. The number of aliphatic hydroxyl groups is 4. The van der Waals surface area contributed by atoms with Crippen molar-refractivity contribution >= 4 is 0 Å². The molecule has 0 aliphatic carbocycles. The molecule has 0 radical (unpaired) electrons. The minimum absolute atomic E-state index is 0.237. The maximum Gasteiger partial charge on any atom is 0.151 e. The van der Waals surface area contributed by atoms with Crippen LogP contribution in [-0.2, 0) is 0 Å². The van der Waals surface area contributed by atoms with Crippen molar-refractivity contribution in [3.63, 3.8) is 0 Å². The van der Waals surface area contributed by atoms with E-state index >= 15 is 0 Å². The maximum absolute atomic E-state index is 8.38. The van der Waals surface area contributed by atoms with E-state index in [4.69, 9.17) is 20.4 Å². The lowest BCUT2D eigenvalue weighted by molar-refractivity contribution is -0.0465. The van der Waals surface area contributed by atoms with Gasteiger partial charge in [-0.15, -0.1) is 0 Å². The number of aliphatic hydroxyl groups excluding tert-OH is 3. The quantitative estimate of drug-likeness (QED) is 0.378. The van der Waals surface area contributed by atoms with Crippen molar-refractivity contribution in [1.29, 1.82) is 0 Å². The first kappa shape index (κ1) is 18.2. The van der Waals surface area contributed by atoms with Gasteiger partial charge in [0.05, 0.1) is 0 Å². The van der Waals surface area contributed by atoms with E-state index in [1.54, 1.807) is 0 Å². The van der Waals surface area contributed by atoms with Crippen molar-refractivity contribution in [2.24, 2.45) is 5.92 Å². The van der Waals surface area contributed by atoms with Crippen LogP contribution >= 0.6 is 0 Å². The lowest BCUT2D eigenvalue weighted by Gasteiger charge is -2.04. The van der Waals surface area contributed by atoms with Crippen LogP contribution < -0.4 is 0 Å². The Bertz CT molecular complexity index is 112. The van der Waals surface area contributed by atoms with E-state index in [1.807, 2.05) is 6.92 Å². The summed E-state index contributed by atoms with van der Waals surface area (Å²) in [6, 6.07) is 0. The second-order valence-corrected chi connectivity index (χ2v) is 4.11. The highest BCUT2D eigenvalue weighted by Crippen LogP contribution is 2.04. The van der Waals surface area contributed by atoms with E-state index in [0.29, 0.717) is 12.3 Å². The third-order valence-corrected chi connectivity index (χ3v) is 2.31. The molecule has 0 aliphatic rings. The van der Waals surface area contributed by atoms with E-state index in [2.05, 4.69) is 6.92 Å². The van der Waals surface area contributed by atoms with Gasteiger partial charge in [-0.05, 0) is 31.6 Å². The first-order valence-corrected chi connectivity index (χ1v) is 6.16. The van der Waals surface area contributed by atoms with Gasteiger partial charge in [0.15, 0.2) is 6.29 Å². The maximum atomic E-state index is 8.38. The zero-order valence-electron chi connectivity index (χ0n) is 10.6. The lowest BCUT2D eigenvalue weighted by Crippen LogP contribution is -2.02. The van der Waals surface area contributed by atoms with Gasteiger partial charge in [0.25, 0.3) is 0 Å². The number of unbranched alkanes of at least 4 members (excludes halogenated alkanes) is 2. The van der Waals surface area contributed by atoms with E-state index in [-0.39, 0.29) is 13.2 Å². The molecular weight excluding hydrogens is 208 g/mol. The molecule has 4 N–H and O–H groups in total. The van der Waals surface area contributed by atoms with E-state index in [0.717, 1.165) is 32.1 Å². The summed E-state index contributed by atoms with van der Waals surface area (Å²) in [5, 5.41) is 33.4. The van der Waals surface area contributed by atoms with Crippen molar-refractivity contribution < 1.29 is 20.4 Å². The molecule has 0 rings (SSSR count). The van der Waals surface area contributed by atoms with Gasteiger partial charge in [0.1, 0.15) is 0 Å². The Balaban J connectivity index is 0. The van der Waals surface area contributed by atoms with Crippen molar-refractivity contribution in [2.75, 3.05) is 13.2 Å². The third kappa shape index (κ3) is 19.4. The Labute approximate surface area is 98.9 Å². The lowest BCUT2D eigenvalue weighted by atomic mass is 10.1. The number of hydrogen-bond donors (Lipinski definition) is 4. The third-order valence-electron chi connectivity index (χ3n) is 2.31. The van der Waals surface area contributed by atoms with Crippen LogP contribution in [-0.4, -0.2) is 39.9 Å². The Morgan fingerprint density at radius 1 is 0.875 bits per heavy atom. The van der Waals surface area contributed by atoms with Gasteiger partial charge < -0.3 is 20.4 Å². The highest BCUT2D eigenvalue weighted by molar-refractivity contribution is 4.49. The summed E-state index contributed by atoms with van der Waals surface area (Å²) in [4.78, 5) is 0. The minimum Gasteiger partial charge on any atom is -0.396 e. The highest BCUT2D eigenvalue weighted by atomic mass is 16.5. The van der Waals surface area contributed by atoms with Crippen LogP contribution in [0.2, 0.25) is 0 Å². The summed E-state index contributed by atoms with van der Waals surface area (Å²) in [6.07, 6.45) is 4.19. The molecule has 16 heavy (non-hydrogen) atoms. The molecule has 0 fully saturated rings. The molecule has 0 atom stereocenters. The summed E-state index contributed by atoms with van der Waals surface area (Å²) in [5.74, 6) is 0.463. The summed E-state index contributed by atoms with van der Waals surface area (Å²) in [5.41, 5.74) is 0. The Morgan fingerprint density at radius 2 is 1.38 bits per heavy atom. The standard InChI is InChI=1S/2C6H14O2/c1-6(2-4-7)3-5-8;1-2-3-4-5-6(7)8/h2*6-8H,2-5H2,1H3. The van der Waals surface area contributed by atoms with Crippen molar-refractivity contribution in [1.82, 2.24) is 0 Å². The van der Waals surface area contributed by atoms with Gasteiger partial charge in [0.2, 0.25) is 0 Å². The molecule has 0 aromatic carbocycles.